The highest BCUT2D eigenvalue weighted by atomic mass is 19.1. The second kappa shape index (κ2) is 4.57. The van der Waals surface area contributed by atoms with Crippen LogP contribution in [0.2, 0.25) is 0 Å². The quantitative estimate of drug-likeness (QED) is 0.697. The van der Waals surface area contributed by atoms with E-state index in [9.17, 15) is 9.18 Å². The maximum atomic E-state index is 13.6. The summed E-state index contributed by atoms with van der Waals surface area (Å²) in [5.74, 6) is 0.138. The van der Waals surface area contributed by atoms with Crippen LogP contribution in [0, 0.1) is 5.82 Å². The lowest BCUT2D eigenvalue weighted by molar-refractivity contribution is 0.112. The second-order valence-electron chi connectivity index (χ2n) is 4.18. The highest BCUT2D eigenvalue weighted by molar-refractivity contribution is 6.03. The highest BCUT2D eigenvalue weighted by Gasteiger charge is 2.11. The summed E-state index contributed by atoms with van der Waals surface area (Å²) in [4.78, 5) is 14.3. The maximum Gasteiger partial charge on any atom is 0.154 e. The number of aromatic nitrogens is 1. The molecule has 0 unspecified atom stereocenters. The van der Waals surface area contributed by atoms with Gasteiger partial charge in [-0.15, -0.1) is 0 Å². The molecule has 0 aliphatic carbocycles. The molecule has 0 spiro atoms. The summed E-state index contributed by atoms with van der Waals surface area (Å²) in [6, 6.07) is 13.8. The molecular weight excluding hydrogens is 243 g/mol. The number of aldehydes is 1. The number of anilines is 2. The van der Waals surface area contributed by atoms with Crippen LogP contribution in [0.4, 0.5) is 15.9 Å². The van der Waals surface area contributed by atoms with Crippen LogP contribution in [-0.4, -0.2) is 11.3 Å². The van der Waals surface area contributed by atoms with Gasteiger partial charge >= 0.3 is 0 Å². The monoisotopic (exact) mass is 254 g/mol. The van der Waals surface area contributed by atoms with Gasteiger partial charge in [0.15, 0.2) is 6.29 Å². The molecule has 0 saturated heterocycles. The molecule has 0 fully saturated rings. The number of benzene rings is 2. The van der Waals surface area contributed by atoms with E-state index in [0.29, 0.717) is 17.1 Å². The van der Waals surface area contributed by atoms with Crippen LogP contribution in [0.3, 0.4) is 0 Å². The number of aromatic amines is 1. The van der Waals surface area contributed by atoms with Crippen molar-refractivity contribution < 1.29 is 9.18 Å². The van der Waals surface area contributed by atoms with E-state index in [-0.39, 0.29) is 5.82 Å². The summed E-state index contributed by atoms with van der Waals surface area (Å²) < 4.78 is 13.6. The summed E-state index contributed by atoms with van der Waals surface area (Å²) in [6.45, 7) is 0. The first kappa shape index (κ1) is 11.5. The van der Waals surface area contributed by atoms with Crippen molar-refractivity contribution in [1.29, 1.82) is 0 Å². The van der Waals surface area contributed by atoms with Crippen molar-refractivity contribution in [3.8, 4) is 0 Å². The number of carbonyl (C=O) groups excluding carboxylic acids is 1. The lowest BCUT2D eigenvalue weighted by Crippen LogP contribution is -1.96. The minimum atomic E-state index is -0.363. The van der Waals surface area contributed by atoms with E-state index in [2.05, 4.69) is 10.3 Å². The van der Waals surface area contributed by atoms with Crippen LogP contribution in [-0.2, 0) is 0 Å². The molecule has 0 amide bonds. The SMILES string of the molecule is O=Cc1c(Nc2ccccc2F)[nH]c2ccccc12. The minimum Gasteiger partial charge on any atom is -0.341 e. The predicted octanol–water partition coefficient (Wildman–Crippen LogP) is 3.86. The standard InChI is InChI=1S/C15H11FN2O/c16-12-6-2-4-8-14(12)18-15-11(9-19)10-5-1-3-7-13(10)17-15/h1-9,17-18H. The van der Waals surface area contributed by atoms with Gasteiger partial charge in [0, 0.05) is 10.9 Å². The predicted molar refractivity (Wildman–Crippen MR) is 73.4 cm³/mol. The minimum absolute atomic E-state index is 0.331. The molecule has 3 aromatic rings. The number of hydrogen-bond donors (Lipinski definition) is 2. The van der Waals surface area contributed by atoms with Gasteiger partial charge in [0.25, 0.3) is 0 Å². The molecule has 0 aliphatic heterocycles. The fraction of sp³-hybridized carbons (Fsp3) is 0. The summed E-state index contributed by atoms with van der Waals surface area (Å²) in [7, 11) is 0. The summed E-state index contributed by atoms with van der Waals surface area (Å²) in [6.07, 6.45) is 0.766. The topological polar surface area (TPSA) is 44.9 Å². The molecule has 2 aromatic carbocycles. The molecule has 1 aromatic heterocycles. The van der Waals surface area contributed by atoms with E-state index in [1.54, 1.807) is 18.2 Å². The number of fused-ring (bicyclic) bond motifs is 1. The second-order valence-corrected chi connectivity index (χ2v) is 4.18. The Morgan fingerprint density at radius 3 is 2.58 bits per heavy atom. The normalized spacial score (nSPS) is 10.6. The van der Waals surface area contributed by atoms with Crippen LogP contribution in [0.25, 0.3) is 10.9 Å². The Kier molecular flexibility index (Phi) is 2.76. The fourth-order valence-corrected chi connectivity index (χ4v) is 2.08. The van der Waals surface area contributed by atoms with Crippen LogP contribution in [0.1, 0.15) is 10.4 Å². The summed E-state index contributed by atoms with van der Waals surface area (Å²) >= 11 is 0. The number of halogens is 1. The molecule has 4 heteroatoms. The van der Waals surface area contributed by atoms with Crippen molar-refractivity contribution >= 4 is 28.7 Å². The van der Waals surface area contributed by atoms with Gasteiger partial charge in [-0.25, -0.2) is 4.39 Å². The number of carbonyl (C=O) groups is 1. The molecule has 0 saturated carbocycles. The average molecular weight is 254 g/mol. The molecule has 19 heavy (non-hydrogen) atoms. The van der Waals surface area contributed by atoms with E-state index in [4.69, 9.17) is 0 Å². The first-order valence-electron chi connectivity index (χ1n) is 5.87. The Bertz CT molecular complexity index is 749. The molecular formula is C15H11FN2O. The number of nitrogens with one attached hydrogen (secondary N) is 2. The number of H-pyrrole nitrogens is 1. The largest absolute Gasteiger partial charge is 0.341 e. The van der Waals surface area contributed by atoms with Crippen LogP contribution in [0.5, 0.6) is 0 Å². The van der Waals surface area contributed by atoms with Crippen LogP contribution in [0.15, 0.2) is 48.5 Å². The van der Waals surface area contributed by atoms with Crippen molar-refractivity contribution in [3.05, 3.63) is 59.9 Å². The smallest absolute Gasteiger partial charge is 0.154 e. The van der Waals surface area contributed by atoms with Crippen LogP contribution < -0.4 is 5.32 Å². The van der Waals surface area contributed by atoms with Crippen molar-refractivity contribution in [1.82, 2.24) is 4.98 Å². The van der Waals surface area contributed by atoms with Crippen molar-refractivity contribution in [3.63, 3.8) is 0 Å². The van der Waals surface area contributed by atoms with Crippen molar-refractivity contribution in [2.75, 3.05) is 5.32 Å². The Balaban J connectivity index is 2.10. The number of para-hydroxylation sites is 2. The summed E-state index contributed by atoms with van der Waals surface area (Å²) in [5, 5.41) is 3.74. The molecule has 1 heterocycles. The molecule has 0 atom stereocenters. The van der Waals surface area contributed by atoms with Gasteiger partial charge in [-0.3, -0.25) is 4.79 Å². The molecule has 2 N–H and O–H groups in total. The van der Waals surface area contributed by atoms with E-state index in [1.165, 1.54) is 6.07 Å². The average Bonchev–Trinajstić information content (AvgIpc) is 2.78. The first-order chi connectivity index (χ1) is 9.29. The van der Waals surface area contributed by atoms with E-state index < -0.39 is 0 Å². The lowest BCUT2D eigenvalue weighted by Gasteiger charge is -2.05. The molecule has 3 rings (SSSR count). The van der Waals surface area contributed by atoms with E-state index >= 15 is 0 Å². The molecule has 0 aliphatic rings. The highest BCUT2D eigenvalue weighted by Crippen LogP contribution is 2.27. The Morgan fingerprint density at radius 1 is 1.05 bits per heavy atom. The summed E-state index contributed by atoms with van der Waals surface area (Å²) in [5.41, 5.74) is 1.67. The van der Waals surface area contributed by atoms with Crippen LogP contribution >= 0.6 is 0 Å². The fourth-order valence-electron chi connectivity index (χ4n) is 2.08. The van der Waals surface area contributed by atoms with E-state index in [0.717, 1.165) is 17.2 Å². The molecule has 3 nitrogen and oxygen atoms in total. The van der Waals surface area contributed by atoms with Gasteiger partial charge in [0.1, 0.15) is 11.6 Å². The van der Waals surface area contributed by atoms with Gasteiger partial charge in [0.2, 0.25) is 0 Å². The van der Waals surface area contributed by atoms with E-state index in [1.807, 2.05) is 24.3 Å². The first-order valence-corrected chi connectivity index (χ1v) is 5.87. The number of hydrogen-bond acceptors (Lipinski definition) is 2. The third kappa shape index (κ3) is 1.97. The Hall–Kier alpha value is -2.62. The Morgan fingerprint density at radius 2 is 1.79 bits per heavy atom. The molecule has 94 valence electrons. The van der Waals surface area contributed by atoms with Gasteiger partial charge in [-0.1, -0.05) is 30.3 Å². The van der Waals surface area contributed by atoms with Gasteiger partial charge < -0.3 is 10.3 Å². The lowest BCUT2D eigenvalue weighted by atomic mass is 10.2. The van der Waals surface area contributed by atoms with Gasteiger partial charge in [0.05, 0.1) is 11.3 Å². The van der Waals surface area contributed by atoms with Gasteiger partial charge in [-0.05, 0) is 18.2 Å². The third-order valence-electron chi connectivity index (χ3n) is 3.00. The number of rotatable bonds is 3. The van der Waals surface area contributed by atoms with Crippen molar-refractivity contribution in [2.24, 2.45) is 0 Å². The van der Waals surface area contributed by atoms with Gasteiger partial charge in [-0.2, -0.15) is 0 Å². The molecule has 0 bridgehead atoms. The zero-order chi connectivity index (χ0) is 13.2. The third-order valence-corrected chi connectivity index (χ3v) is 3.00. The molecule has 0 radical (unpaired) electrons. The maximum absolute atomic E-state index is 13.6. The zero-order valence-electron chi connectivity index (χ0n) is 9.98. The zero-order valence-corrected chi connectivity index (χ0v) is 9.98. The Labute approximate surface area is 109 Å². The van der Waals surface area contributed by atoms with Crippen molar-refractivity contribution in [2.45, 2.75) is 0 Å².